The molecule has 3 rings (SSSR count). The molecule has 42 heavy (non-hydrogen) atoms. The monoisotopic (exact) mass is 566 g/mol. The van der Waals surface area contributed by atoms with Crippen LogP contribution < -0.4 is 21.7 Å². The average Bonchev–Trinajstić information content (AvgIpc) is 2.99. The Balaban J connectivity index is 1.75. The SMILES string of the molecule is CC(C)=C(/C=C\C=C(/C)CNC(=O)c1ccc(-c2ccccc2C#N)nc1NCCc1cccc(F)c1)NCCCN. The molecular formula is C34H39FN6O. The molecule has 0 atom stereocenters. The van der Waals surface area contributed by atoms with Crippen molar-refractivity contribution >= 4 is 11.7 Å². The third-order valence-corrected chi connectivity index (χ3v) is 6.46. The van der Waals surface area contributed by atoms with Crippen LogP contribution >= 0.6 is 0 Å². The molecule has 3 aromatic rings. The van der Waals surface area contributed by atoms with Gasteiger partial charge in [0.2, 0.25) is 0 Å². The second kappa shape index (κ2) is 16.5. The summed E-state index contributed by atoms with van der Waals surface area (Å²) in [7, 11) is 0. The Kier molecular flexibility index (Phi) is 12.5. The van der Waals surface area contributed by atoms with Gasteiger partial charge in [-0.3, -0.25) is 4.79 Å². The number of carbonyl (C=O) groups is 1. The molecule has 218 valence electrons. The predicted molar refractivity (Wildman–Crippen MR) is 168 cm³/mol. The van der Waals surface area contributed by atoms with Crippen molar-refractivity contribution in [3.05, 3.63) is 118 Å². The van der Waals surface area contributed by atoms with Crippen molar-refractivity contribution in [2.24, 2.45) is 5.73 Å². The fourth-order valence-electron chi connectivity index (χ4n) is 4.16. The molecule has 7 nitrogen and oxygen atoms in total. The van der Waals surface area contributed by atoms with E-state index in [1.54, 1.807) is 30.3 Å². The Morgan fingerprint density at radius 2 is 1.86 bits per heavy atom. The van der Waals surface area contributed by atoms with E-state index in [2.05, 4.69) is 22.0 Å². The molecule has 0 aliphatic carbocycles. The molecule has 0 saturated heterocycles. The molecule has 0 bridgehead atoms. The molecule has 5 N–H and O–H groups in total. The highest BCUT2D eigenvalue weighted by atomic mass is 19.1. The highest BCUT2D eigenvalue weighted by Gasteiger charge is 2.16. The second-order valence-corrected chi connectivity index (χ2v) is 10.1. The predicted octanol–water partition coefficient (Wildman–Crippen LogP) is 5.88. The first-order valence-electron chi connectivity index (χ1n) is 14.0. The van der Waals surface area contributed by atoms with Crippen LogP contribution in [0.25, 0.3) is 11.3 Å². The van der Waals surface area contributed by atoms with Gasteiger partial charge in [0.05, 0.1) is 22.9 Å². The molecule has 0 saturated carbocycles. The zero-order chi connectivity index (χ0) is 30.3. The molecule has 1 heterocycles. The highest BCUT2D eigenvalue weighted by molar-refractivity contribution is 5.99. The zero-order valence-corrected chi connectivity index (χ0v) is 24.5. The minimum absolute atomic E-state index is 0.277. The number of hydrogen-bond donors (Lipinski definition) is 4. The fraction of sp³-hybridized carbons (Fsp3) is 0.265. The van der Waals surface area contributed by atoms with Crippen LogP contribution in [0.5, 0.6) is 0 Å². The van der Waals surface area contributed by atoms with Crippen LogP contribution in [-0.4, -0.2) is 37.1 Å². The minimum atomic E-state index is -0.293. The molecule has 0 spiro atoms. The molecule has 0 fully saturated rings. The van der Waals surface area contributed by atoms with Crippen LogP contribution in [0.4, 0.5) is 10.2 Å². The molecule has 0 aliphatic rings. The van der Waals surface area contributed by atoms with Gasteiger partial charge in [0.1, 0.15) is 11.6 Å². The van der Waals surface area contributed by atoms with Crippen LogP contribution in [0.3, 0.4) is 0 Å². The summed E-state index contributed by atoms with van der Waals surface area (Å²) in [6.07, 6.45) is 7.38. The molecule has 1 aromatic heterocycles. The smallest absolute Gasteiger partial charge is 0.255 e. The normalized spacial score (nSPS) is 11.2. The largest absolute Gasteiger partial charge is 0.385 e. The zero-order valence-electron chi connectivity index (χ0n) is 24.5. The van der Waals surface area contributed by atoms with Crippen molar-refractivity contribution < 1.29 is 9.18 Å². The van der Waals surface area contributed by atoms with E-state index in [1.807, 2.05) is 57.2 Å². The third-order valence-electron chi connectivity index (χ3n) is 6.46. The number of nitrogens with two attached hydrogens (primary N) is 1. The lowest BCUT2D eigenvalue weighted by Gasteiger charge is -2.14. The van der Waals surface area contributed by atoms with Crippen LogP contribution in [0.1, 0.15) is 48.7 Å². The first-order chi connectivity index (χ1) is 20.3. The Morgan fingerprint density at radius 3 is 2.60 bits per heavy atom. The number of nitrogens with one attached hydrogen (secondary N) is 3. The van der Waals surface area contributed by atoms with Gasteiger partial charge in [-0.1, -0.05) is 53.6 Å². The Morgan fingerprint density at radius 1 is 1.05 bits per heavy atom. The number of aromatic nitrogens is 1. The quantitative estimate of drug-likeness (QED) is 0.143. The fourth-order valence-corrected chi connectivity index (χ4v) is 4.16. The number of carbonyl (C=O) groups excluding carboxylic acids is 1. The number of pyridine rings is 1. The van der Waals surface area contributed by atoms with E-state index in [1.165, 1.54) is 17.7 Å². The number of rotatable bonds is 14. The molecular weight excluding hydrogens is 527 g/mol. The van der Waals surface area contributed by atoms with E-state index in [9.17, 15) is 14.4 Å². The number of nitriles is 1. The van der Waals surface area contributed by atoms with Crippen molar-refractivity contribution in [2.45, 2.75) is 33.6 Å². The summed E-state index contributed by atoms with van der Waals surface area (Å²) >= 11 is 0. The van der Waals surface area contributed by atoms with Crippen LogP contribution in [0.2, 0.25) is 0 Å². The summed E-state index contributed by atoms with van der Waals surface area (Å²) in [6, 6.07) is 19.3. The number of benzene rings is 2. The van der Waals surface area contributed by atoms with E-state index in [-0.39, 0.29) is 11.7 Å². The van der Waals surface area contributed by atoms with E-state index in [4.69, 9.17) is 10.7 Å². The summed E-state index contributed by atoms with van der Waals surface area (Å²) in [4.78, 5) is 18.0. The number of anilines is 1. The Bertz CT molecular complexity index is 1500. The van der Waals surface area contributed by atoms with Crippen molar-refractivity contribution in [3.8, 4) is 17.3 Å². The summed E-state index contributed by atoms with van der Waals surface area (Å²) in [6.45, 7) is 8.30. The van der Waals surface area contributed by atoms with E-state index in [0.717, 1.165) is 29.8 Å². The summed E-state index contributed by atoms with van der Waals surface area (Å²) in [5.41, 5.74) is 11.8. The molecule has 0 unspecified atom stereocenters. The highest BCUT2D eigenvalue weighted by Crippen LogP contribution is 2.25. The van der Waals surface area contributed by atoms with Gasteiger partial charge in [-0.2, -0.15) is 5.26 Å². The van der Waals surface area contributed by atoms with Gasteiger partial charge >= 0.3 is 0 Å². The van der Waals surface area contributed by atoms with Gasteiger partial charge in [-0.25, -0.2) is 9.37 Å². The van der Waals surface area contributed by atoms with E-state index < -0.39 is 0 Å². The molecule has 8 heteroatoms. The van der Waals surface area contributed by atoms with Gasteiger partial charge in [0.15, 0.2) is 0 Å². The van der Waals surface area contributed by atoms with Gasteiger partial charge in [-0.15, -0.1) is 0 Å². The number of amides is 1. The molecule has 2 aromatic carbocycles. The van der Waals surface area contributed by atoms with Crippen molar-refractivity contribution in [2.75, 3.05) is 31.5 Å². The van der Waals surface area contributed by atoms with Crippen LogP contribution in [0.15, 0.2) is 95.7 Å². The third kappa shape index (κ3) is 9.72. The maximum absolute atomic E-state index is 13.6. The maximum Gasteiger partial charge on any atom is 0.255 e. The van der Waals surface area contributed by atoms with Crippen molar-refractivity contribution in [3.63, 3.8) is 0 Å². The lowest BCUT2D eigenvalue weighted by Crippen LogP contribution is -2.26. The van der Waals surface area contributed by atoms with Crippen molar-refractivity contribution in [1.29, 1.82) is 5.26 Å². The number of hydrogen-bond acceptors (Lipinski definition) is 6. The lowest BCUT2D eigenvalue weighted by atomic mass is 10.0. The molecule has 0 aliphatic heterocycles. The van der Waals surface area contributed by atoms with Gasteiger partial charge < -0.3 is 21.7 Å². The Labute approximate surface area is 248 Å². The number of nitrogens with zero attached hydrogens (tertiary/aromatic N) is 2. The number of halogens is 1. The standard InChI is InChI=1S/C34H39FN6O/c1-24(2)31(38-19-8-18-36)14-6-9-25(3)23-40-34(42)30-15-16-32(29-13-5-4-11-27(29)22-37)41-33(30)39-20-17-26-10-7-12-28(35)21-26/h4-7,9-16,21,38H,8,17-20,23,36H2,1-3H3,(H,39,41)(H,40,42)/b14-6-,25-9+. The summed E-state index contributed by atoms with van der Waals surface area (Å²) < 4.78 is 13.6. The topological polar surface area (TPSA) is 116 Å². The maximum atomic E-state index is 13.6. The molecule has 1 amide bonds. The first-order valence-corrected chi connectivity index (χ1v) is 14.0. The second-order valence-electron chi connectivity index (χ2n) is 10.1. The lowest BCUT2D eigenvalue weighted by molar-refractivity contribution is 0.0957. The van der Waals surface area contributed by atoms with Gasteiger partial charge in [-0.05, 0) is 82.1 Å². The van der Waals surface area contributed by atoms with E-state index >= 15 is 0 Å². The summed E-state index contributed by atoms with van der Waals surface area (Å²) in [5, 5.41) is 19.2. The van der Waals surface area contributed by atoms with Crippen molar-refractivity contribution in [1.82, 2.24) is 15.6 Å². The molecule has 0 radical (unpaired) electrons. The average molecular weight is 567 g/mol. The first kappa shape index (κ1) is 31.8. The Hall–Kier alpha value is -4.74. The van der Waals surface area contributed by atoms with E-state index in [0.29, 0.717) is 54.3 Å². The summed E-state index contributed by atoms with van der Waals surface area (Å²) in [5.74, 6) is -0.174. The van der Waals surface area contributed by atoms with Crippen LogP contribution in [0, 0.1) is 17.1 Å². The minimum Gasteiger partial charge on any atom is -0.385 e. The van der Waals surface area contributed by atoms with Gasteiger partial charge in [0.25, 0.3) is 5.91 Å². The van der Waals surface area contributed by atoms with Gasteiger partial charge in [0, 0.05) is 30.9 Å². The number of allylic oxidation sites excluding steroid dienone is 4. The van der Waals surface area contributed by atoms with Crippen LogP contribution in [-0.2, 0) is 6.42 Å².